The third-order valence-corrected chi connectivity index (χ3v) is 3.09. The van der Waals surface area contributed by atoms with E-state index in [0.29, 0.717) is 12.1 Å². The van der Waals surface area contributed by atoms with E-state index in [1.165, 1.54) is 6.07 Å². The lowest BCUT2D eigenvalue weighted by Gasteiger charge is -2.20. The molecule has 3 N–H and O–H groups in total. The maximum atomic E-state index is 12.7. The minimum absolute atomic E-state index is 0.0471. The highest BCUT2D eigenvalue weighted by Gasteiger charge is 2.37. The van der Waals surface area contributed by atoms with Crippen molar-refractivity contribution in [1.29, 1.82) is 5.26 Å². The van der Waals surface area contributed by atoms with Crippen molar-refractivity contribution in [1.82, 2.24) is 0 Å². The van der Waals surface area contributed by atoms with Gasteiger partial charge in [-0.15, -0.1) is 0 Å². The lowest BCUT2D eigenvalue weighted by molar-refractivity contribution is -0.143. The second-order valence-electron chi connectivity index (χ2n) is 4.39. The van der Waals surface area contributed by atoms with Gasteiger partial charge in [-0.25, -0.2) is 0 Å². The first-order valence-corrected chi connectivity index (χ1v) is 6.31. The summed E-state index contributed by atoms with van der Waals surface area (Å²) in [5.41, 5.74) is 1.21. The van der Waals surface area contributed by atoms with Crippen LogP contribution in [0.25, 0.3) is 0 Å². The quantitative estimate of drug-likeness (QED) is 0.440. The van der Waals surface area contributed by atoms with Crippen LogP contribution in [-0.2, 0) is 17.1 Å². The number of nitrogens with zero attached hydrogens (tertiary/aromatic N) is 1. The summed E-state index contributed by atoms with van der Waals surface area (Å²) in [5, 5.41) is 9.47. The lowest BCUT2D eigenvalue weighted by atomic mass is 10.1. The first kappa shape index (κ1) is 19.0. The van der Waals surface area contributed by atoms with Crippen molar-refractivity contribution in [2.45, 2.75) is 17.7 Å². The van der Waals surface area contributed by atoms with Gasteiger partial charge < -0.3 is 11.1 Å². The molecule has 0 unspecified atom stereocenters. The first-order valence-electron chi connectivity index (χ1n) is 5.79. The SMILES string of the molecule is N#C[C@@H](C(N)=O)[C@@H](S)Nc1cc(C(F)(F)F)cc(C(F)(F)F)c1. The maximum absolute atomic E-state index is 12.7. The molecule has 0 fully saturated rings. The Hall–Kier alpha value is -2.09. The summed E-state index contributed by atoms with van der Waals surface area (Å²) in [5.74, 6) is -2.68. The van der Waals surface area contributed by atoms with Crippen LogP contribution < -0.4 is 11.1 Å². The van der Waals surface area contributed by atoms with Crippen molar-refractivity contribution in [2.24, 2.45) is 11.7 Å². The molecule has 0 heterocycles. The zero-order valence-corrected chi connectivity index (χ0v) is 11.9. The summed E-state index contributed by atoms with van der Waals surface area (Å²) < 4.78 is 76.1. The highest BCUT2D eigenvalue weighted by molar-refractivity contribution is 7.81. The van der Waals surface area contributed by atoms with E-state index in [0.717, 1.165) is 0 Å². The number of nitrogens with one attached hydrogen (secondary N) is 1. The van der Waals surface area contributed by atoms with E-state index in [1.54, 1.807) is 0 Å². The van der Waals surface area contributed by atoms with Crippen LogP contribution in [0.15, 0.2) is 18.2 Å². The summed E-state index contributed by atoms with van der Waals surface area (Å²) in [6.07, 6.45) is -10.0. The minimum Gasteiger partial charge on any atom is -0.372 e. The Morgan fingerprint density at radius 2 is 1.57 bits per heavy atom. The number of amides is 1. The average Bonchev–Trinajstić information content (AvgIpc) is 2.36. The molecule has 23 heavy (non-hydrogen) atoms. The molecule has 1 rings (SSSR count). The molecular weight excluding hydrogens is 348 g/mol. The number of thiol groups is 1. The third-order valence-electron chi connectivity index (χ3n) is 2.66. The molecule has 4 nitrogen and oxygen atoms in total. The van der Waals surface area contributed by atoms with E-state index in [1.807, 2.05) is 0 Å². The molecule has 0 bridgehead atoms. The number of carbonyl (C=O) groups is 1. The summed E-state index contributed by atoms with van der Waals surface area (Å²) in [4.78, 5) is 11.0. The molecule has 0 aliphatic carbocycles. The Balaban J connectivity index is 3.26. The average molecular weight is 357 g/mol. The summed E-state index contributed by atoms with van der Waals surface area (Å²) in [6.45, 7) is 0. The fraction of sp³-hybridized carbons (Fsp3) is 0.333. The second kappa shape index (κ2) is 6.57. The van der Waals surface area contributed by atoms with Crippen LogP contribution in [0, 0.1) is 17.2 Å². The van der Waals surface area contributed by atoms with Gasteiger partial charge in [0.25, 0.3) is 0 Å². The van der Waals surface area contributed by atoms with Crippen LogP contribution in [0.1, 0.15) is 11.1 Å². The molecule has 0 radical (unpaired) electrons. The number of nitriles is 1. The Labute approximate surface area is 131 Å². The standard InChI is InChI=1S/C12H9F6N3OS/c13-11(14,15)5-1-6(12(16,17)18)3-7(2-5)21-10(23)8(4-19)9(20)22/h1-3,8,10,21,23H,(H2,20,22)/t8-,10+/m0/s1. The fourth-order valence-electron chi connectivity index (χ4n) is 1.58. The third kappa shape index (κ3) is 4.95. The van der Waals surface area contributed by atoms with Gasteiger partial charge in [0.2, 0.25) is 5.91 Å². The number of carbonyl (C=O) groups excluding carboxylic acids is 1. The Morgan fingerprint density at radius 3 is 1.87 bits per heavy atom. The number of hydrogen-bond acceptors (Lipinski definition) is 4. The Bertz CT molecular complexity index is 605. The summed E-state index contributed by atoms with van der Waals surface area (Å²) in [6, 6.07) is 2.23. The topological polar surface area (TPSA) is 78.9 Å². The van der Waals surface area contributed by atoms with Crippen molar-refractivity contribution < 1.29 is 31.1 Å². The van der Waals surface area contributed by atoms with Crippen LogP contribution >= 0.6 is 12.6 Å². The molecule has 0 aliphatic heterocycles. The fourth-order valence-corrected chi connectivity index (χ4v) is 1.94. The predicted octanol–water partition coefficient (Wildman–Crippen LogP) is 3.02. The van der Waals surface area contributed by atoms with Gasteiger partial charge in [-0.1, -0.05) is 0 Å². The summed E-state index contributed by atoms with van der Waals surface area (Å²) in [7, 11) is 0. The van der Waals surface area contributed by atoms with Gasteiger partial charge in [0, 0.05) is 5.69 Å². The van der Waals surface area contributed by atoms with Gasteiger partial charge in [-0.05, 0) is 18.2 Å². The first-order chi connectivity index (χ1) is 10.4. The van der Waals surface area contributed by atoms with Crippen LogP contribution in [0.4, 0.5) is 32.0 Å². The van der Waals surface area contributed by atoms with Crippen LogP contribution in [0.3, 0.4) is 0 Å². The molecule has 0 aliphatic rings. The van der Waals surface area contributed by atoms with Gasteiger partial charge in [0.1, 0.15) is 0 Å². The largest absolute Gasteiger partial charge is 0.416 e. The number of halogens is 6. The Morgan fingerprint density at radius 1 is 1.13 bits per heavy atom. The van der Waals surface area contributed by atoms with Crippen molar-refractivity contribution in [2.75, 3.05) is 5.32 Å². The normalized spacial score (nSPS) is 14.7. The van der Waals surface area contributed by atoms with E-state index >= 15 is 0 Å². The molecule has 126 valence electrons. The maximum Gasteiger partial charge on any atom is 0.416 e. The number of benzene rings is 1. The highest BCUT2D eigenvalue weighted by atomic mass is 32.1. The minimum atomic E-state index is -5.01. The molecule has 0 saturated heterocycles. The van der Waals surface area contributed by atoms with Crippen molar-refractivity contribution in [3.8, 4) is 6.07 Å². The number of alkyl halides is 6. The number of hydrogen-bond donors (Lipinski definition) is 3. The lowest BCUT2D eigenvalue weighted by Crippen LogP contribution is -2.34. The molecule has 1 amide bonds. The van der Waals surface area contributed by atoms with Gasteiger partial charge in [0.05, 0.1) is 22.6 Å². The van der Waals surface area contributed by atoms with E-state index in [-0.39, 0.29) is 6.07 Å². The summed E-state index contributed by atoms with van der Waals surface area (Å²) >= 11 is 3.77. The highest BCUT2D eigenvalue weighted by Crippen LogP contribution is 2.37. The van der Waals surface area contributed by atoms with Gasteiger partial charge >= 0.3 is 12.4 Å². The molecule has 1 aromatic rings. The van der Waals surface area contributed by atoms with Crippen molar-refractivity contribution in [3.05, 3.63) is 29.3 Å². The second-order valence-corrected chi connectivity index (χ2v) is 4.95. The molecule has 1 aromatic carbocycles. The van der Waals surface area contributed by atoms with Crippen molar-refractivity contribution in [3.63, 3.8) is 0 Å². The number of rotatable bonds is 4. The molecule has 11 heteroatoms. The van der Waals surface area contributed by atoms with Crippen LogP contribution in [-0.4, -0.2) is 11.3 Å². The molecule has 0 aromatic heterocycles. The van der Waals surface area contributed by atoms with Crippen LogP contribution in [0.5, 0.6) is 0 Å². The van der Waals surface area contributed by atoms with Gasteiger partial charge in [-0.2, -0.15) is 44.2 Å². The van der Waals surface area contributed by atoms with Crippen molar-refractivity contribution >= 4 is 24.2 Å². The number of nitrogens with two attached hydrogens (primary N) is 1. The van der Waals surface area contributed by atoms with E-state index in [2.05, 4.69) is 17.9 Å². The monoisotopic (exact) mass is 357 g/mol. The molecule has 0 spiro atoms. The smallest absolute Gasteiger partial charge is 0.372 e. The predicted molar refractivity (Wildman–Crippen MR) is 71.1 cm³/mol. The van der Waals surface area contributed by atoms with E-state index in [4.69, 9.17) is 11.0 Å². The van der Waals surface area contributed by atoms with E-state index < -0.39 is 46.4 Å². The zero-order chi connectivity index (χ0) is 18.0. The van der Waals surface area contributed by atoms with Crippen LogP contribution in [0.2, 0.25) is 0 Å². The number of primary amides is 1. The molecule has 0 saturated carbocycles. The zero-order valence-electron chi connectivity index (χ0n) is 11.0. The number of anilines is 1. The van der Waals surface area contributed by atoms with Gasteiger partial charge in [0.15, 0.2) is 5.92 Å². The molecular formula is C12H9F6N3OS. The molecule has 2 atom stereocenters. The van der Waals surface area contributed by atoms with Gasteiger partial charge in [-0.3, -0.25) is 4.79 Å². The van der Waals surface area contributed by atoms with E-state index in [9.17, 15) is 31.1 Å². The Kier molecular flexibility index (Phi) is 5.42.